The van der Waals surface area contributed by atoms with Crippen LogP contribution in [0.25, 0.3) is 247 Å². The second-order valence-electron chi connectivity index (χ2n) is 34.8. The highest BCUT2D eigenvalue weighted by atomic mass is 15.0. The van der Waals surface area contributed by atoms with E-state index in [0.29, 0.717) is 0 Å². The predicted molar refractivity (Wildman–Crippen MR) is 540 cm³/mol. The largest absolute Gasteiger partial charge is 0.354 e. The first-order chi connectivity index (χ1) is 62.7. The lowest BCUT2D eigenvalue weighted by atomic mass is 9.82. The highest BCUT2D eigenvalue weighted by Crippen LogP contribution is 2.51. The van der Waals surface area contributed by atoms with E-state index in [0.717, 1.165) is 5.69 Å². The minimum atomic E-state index is -0.0560. The molecule has 28 rings (SSSR count). The summed E-state index contributed by atoms with van der Waals surface area (Å²) in [5, 5.41) is 25.2. The smallest absolute Gasteiger partial charge is 0.0547 e. The maximum atomic E-state index is 3.71. The molecule has 6 heteroatoms. The van der Waals surface area contributed by atoms with Crippen molar-refractivity contribution in [2.75, 3.05) is 0 Å². The quantitative estimate of drug-likeness (QED) is 0.142. The molecule has 0 saturated carbocycles. The molecule has 127 heavy (non-hydrogen) atoms. The van der Waals surface area contributed by atoms with Gasteiger partial charge < -0.3 is 28.7 Å². The van der Waals surface area contributed by atoms with Gasteiger partial charge in [0, 0.05) is 120 Å². The van der Waals surface area contributed by atoms with Crippen molar-refractivity contribution in [2.24, 2.45) is 0 Å². The van der Waals surface area contributed by atoms with Crippen molar-refractivity contribution in [3.8, 4) is 72.7 Å². The summed E-state index contributed by atoms with van der Waals surface area (Å²) in [7, 11) is 0. The zero-order valence-corrected chi connectivity index (χ0v) is 69.8. The van der Waals surface area contributed by atoms with Gasteiger partial charge in [-0.25, -0.2) is 0 Å². The highest BCUT2D eigenvalue weighted by molar-refractivity contribution is 6.25. The molecule has 1 aliphatic rings. The maximum Gasteiger partial charge on any atom is 0.0547 e. The summed E-state index contributed by atoms with van der Waals surface area (Å²) in [6.45, 7) is 4.72. The molecule has 6 nitrogen and oxygen atoms in total. The highest BCUT2D eigenvalue weighted by Gasteiger charge is 2.36. The second kappa shape index (κ2) is 28.3. The number of benzene rings is 21. The topological polar surface area (TPSA) is 62.2 Å². The van der Waals surface area contributed by atoms with Gasteiger partial charge in [-0.3, -0.25) is 0 Å². The van der Waals surface area contributed by atoms with Crippen LogP contribution in [0.4, 0.5) is 0 Å². The zero-order valence-electron chi connectivity index (χ0n) is 69.8. The molecule has 0 amide bonds. The van der Waals surface area contributed by atoms with Gasteiger partial charge in [0.05, 0.1) is 49.7 Å². The number of hydrogen-bond acceptors (Lipinski definition) is 0. The molecule has 6 heterocycles. The third-order valence-electron chi connectivity index (χ3n) is 27.5. The van der Waals surface area contributed by atoms with Crippen molar-refractivity contribution >= 4 is 174 Å². The Bertz CT molecular complexity index is 9270. The van der Waals surface area contributed by atoms with Crippen molar-refractivity contribution in [3.63, 3.8) is 0 Å². The van der Waals surface area contributed by atoms with Gasteiger partial charge in [0.25, 0.3) is 0 Å². The summed E-state index contributed by atoms with van der Waals surface area (Å²) >= 11 is 0. The van der Waals surface area contributed by atoms with E-state index in [1.165, 1.54) is 252 Å². The van der Waals surface area contributed by atoms with Gasteiger partial charge in [-0.15, -0.1) is 0 Å². The molecule has 0 radical (unpaired) electrons. The molecule has 21 aromatic carbocycles. The fourth-order valence-electron chi connectivity index (χ4n) is 21.6. The van der Waals surface area contributed by atoms with Crippen LogP contribution < -0.4 is 0 Å². The molecule has 0 unspecified atom stereocenters. The SMILES string of the molecule is CC1(C)c2ccccc2-c2ccc(-n3c4ccccc4c4ccc(-c5cc6c7ccccc7[nH]c6c6ccccc56)cc43)cc21.c1ccc(-c2cccc(-n3c4ccccc4c4ccc(-c5cc6c7ccccc7[nH]c6c6ccccc56)cc43)c2)cc1.c1ccc2cc(-n3c4ccccc4c4ccc(-c5cc6c7ccccc7[nH]c6c6ccccc56)cc43)ccc2c1. The van der Waals surface area contributed by atoms with E-state index in [9.17, 15) is 0 Å². The Morgan fingerprint density at radius 1 is 0.173 bits per heavy atom. The minimum absolute atomic E-state index is 0.0560. The molecule has 594 valence electrons. The molecule has 0 bridgehead atoms. The standard InChI is InChI=1S/C43H30N2.C40H26N2.C38H24N2/c1-43(2)37-16-8-5-12-29(37)30-22-20-27(24-38(30)43)45-40-18-10-7-14-32(40)33-21-19-26(23-41(33)45)35-25-36-31-13-6-9-17-39(31)44-42(36)34-15-4-3-11-28(34)35;1-2-11-26(12-3-1)27-13-10-14-29(23-27)42-38-20-9-7-17-32(38)33-22-21-28(24-39(33)42)35-25-36-31-16-6-8-19-37(31)41-40(36)34-18-5-4-15-30(34)35;1-2-10-25-21-27(19-17-24(25)9-1)40-36-16-8-6-13-30(36)31-20-18-26(22-37(31)40)33-23-34-29-12-5-7-15-35(29)39-38(34)32-14-4-3-11-28(32)33/h3-25,44H,1-2H3;1-25,41H;1-23,39H. The van der Waals surface area contributed by atoms with E-state index in [4.69, 9.17) is 0 Å². The molecule has 0 atom stereocenters. The summed E-state index contributed by atoms with van der Waals surface area (Å²) in [6, 6.07) is 157. The number of nitrogens with one attached hydrogen (secondary N) is 3. The van der Waals surface area contributed by atoms with Gasteiger partial charge in [0.1, 0.15) is 0 Å². The third kappa shape index (κ3) is 11.2. The average Bonchev–Trinajstić information content (AvgIpc) is 1.58. The Kier molecular flexibility index (Phi) is 16.0. The number of hydrogen-bond donors (Lipinski definition) is 3. The van der Waals surface area contributed by atoms with Crippen molar-refractivity contribution in [1.29, 1.82) is 0 Å². The summed E-state index contributed by atoms with van der Waals surface area (Å²) in [4.78, 5) is 11.1. The molecule has 0 fully saturated rings. The molecule has 0 saturated heterocycles. The lowest BCUT2D eigenvalue weighted by molar-refractivity contribution is 0.660. The summed E-state index contributed by atoms with van der Waals surface area (Å²) in [5.41, 5.74) is 33.3. The molecule has 27 aromatic rings. The molecule has 1 aliphatic carbocycles. The van der Waals surface area contributed by atoms with Gasteiger partial charge in [-0.2, -0.15) is 0 Å². The van der Waals surface area contributed by atoms with Crippen LogP contribution in [-0.2, 0) is 5.41 Å². The van der Waals surface area contributed by atoms with Gasteiger partial charge in [0.15, 0.2) is 0 Å². The van der Waals surface area contributed by atoms with Gasteiger partial charge in [0.2, 0.25) is 0 Å². The first-order valence-electron chi connectivity index (χ1n) is 44.0. The normalized spacial score (nSPS) is 12.6. The number of para-hydroxylation sites is 6. The molecular weight excluding hydrogens is 1540 g/mol. The van der Waals surface area contributed by atoms with Crippen LogP contribution in [-0.4, -0.2) is 28.7 Å². The monoisotopic (exact) mass is 1620 g/mol. The van der Waals surface area contributed by atoms with E-state index in [1.54, 1.807) is 0 Å². The van der Waals surface area contributed by atoms with E-state index >= 15 is 0 Å². The first kappa shape index (κ1) is 72.1. The predicted octanol–water partition coefficient (Wildman–Crippen LogP) is 32.8. The van der Waals surface area contributed by atoms with Crippen molar-refractivity contribution in [1.82, 2.24) is 28.7 Å². The Morgan fingerprint density at radius 3 is 0.976 bits per heavy atom. The Hall–Kier alpha value is -16.5. The van der Waals surface area contributed by atoms with Crippen LogP contribution in [0, 0.1) is 0 Å². The molecule has 3 N–H and O–H groups in total. The number of H-pyrrole nitrogens is 3. The van der Waals surface area contributed by atoms with E-state index in [1.807, 2.05) is 0 Å². The average molecular weight is 1620 g/mol. The Labute approximate surface area is 731 Å². The second-order valence-corrected chi connectivity index (χ2v) is 34.8. The van der Waals surface area contributed by atoms with E-state index in [-0.39, 0.29) is 5.41 Å². The zero-order chi connectivity index (χ0) is 83.7. The molecule has 0 aliphatic heterocycles. The minimum Gasteiger partial charge on any atom is -0.354 e. The van der Waals surface area contributed by atoms with E-state index in [2.05, 4.69) is 473 Å². The summed E-state index contributed by atoms with van der Waals surface area (Å²) < 4.78 is 7.32. The number of rotatable bonds is 7. The third-order valence-corrected chi connectivity index (χ3v) is 27.5. The van der Waals surface area contributed by atoms with Crippen LogP contribution in [0.2, 0.25) is 0 Å². The lowest BCUT2D eigenvalue weighted by Crippen LogP contribution is -2.15. The molecular formula is C121H80N6. The van der Waals surface area contributed by atoms with Crippen molar-refractivity contribution in [3.05, 3.63) is 442 Å². The summed E-state index contributed by atoms with van der Waals surface area (Å²) in [6.07, 6.45) is 0. The molecule has 6 aromatic heterocycles. The molecule has 0 spiro atoms. The van der Waals surface area contributed by atoms with Crippen molar-refractivity contribution in [2.45, 2.75) is 19.3 Å². The van der Waals surface area contributed by atoms with E-state index < -0.39 is 0 Å². The lowest BCUT2D eigenvalue weighted by Gasteiger charge is -2.22. The van der Waals surface area contributed by atoms with Gasteiger partial charge in [-0.05, 0) is 203 Å². The number of nitrogens with zero attached hydrogens (tertiary/aromatic N) is 3. The first-order valence-corrected chi connectivity index (χ1v) is 44.0. The number of fused-ring (bicyclic) bond motifs is 28. The van der Waals surface area contributed by atoms with Crippen LogP contribution in [0.1, 0.15) is 25.0 Å². The fraction of sp³-hybridized carbons (Fsp3) is 0.0248. The van der Waals surface area contributed by atoms with Crippen LogP contribution in [0.15, 0.2) is 431 Å². The van der Waals surface area contributed by atoms with Gasteiger partial charge in [-0.1, -0.05) is 335 Å². The maximum absolute atomic E-state index is 3.71. The Morgan fingerprint density at radius 2 is 0.512 bits per heavy atom. The summed E-state index contributed by atoms with van der Waals surface area (Å²) in [5.74, 6) is 0. The van der Waals surface area contributed by atoms with Gasteiger partial charge >= 0.3 is 0 Å². The van der Waals surface area contributed by atoms with Crippen LogP contribution in [0.5, 0.6) is 0 Å². The Balaban J connectivity index is 0.000000101. The van der Waals surface area contributed by atoms with Crippen LogP contribution in [0.3, 0.4) is 0 Å². The van der Waals surface area contributed by atoms with Crippen molar-refractivity contribution < 1.29 is 0 Å². The van der Waals surface area contributed by atoms with Crippen LogP contribution >= 0.6 is 0 Å². The fourth-order valence-corrected chi connectivity index (χ4v) is 21.6. The number of aromatic nitrogens is 6. The number of aromatic amines is 3.